The summed E-state index contributed by atoms with van der Waals surface area (Å²) in [4.78, 5) is 2.55. The molecule has 0 aliphatic heterocycles. The molecule has 0 bridgehead atoms. The highest BCUT2D eigenvalue weighted by atomic mass is 32.1. The van der Waals surface area contributed by atoms with Crippen LogP contribution >= 0.6 is 11.3 Å². The number of fused-ring (bicyclic) bond motifs is 16. The second-order valence-electron chi connectivity index (χ2n) is 19.6. The first-order valence-electron chi connectivity index (χ1n) is 23.5. The highest BCUT2D eigenvalue weighted by Gasteiger charge is 2.51. The van der Waals surface area contributed by atoms with Gasteiger partial charge in [0, 0.05) is 37.1 Å². The van der Waals surface area contributed by atoms with E-state index in [2.05, 4.69) is 244 Å². The molecule has 1 aromatic heterocycles. The Bertz CT molecular complexity index is 4000. The van der Waals surface area contributed by atoms with Crippen molar-refractivity contribution in [3.8, 4) is 33.4 Å². The molecule has 0 N–H and O–H groups in total. The van der Waals surface area contributed by atoms with E-state index in [1.165, 1.54) is 114 Å². The predicted octanol–water partition coefficient (Wildman–Crippen LogP) is 18.3. The Hall–Kier alpha value is -7.78. The minimum absolute atomic E-state index is 0.0625. The molecule has 14 rings (SSSR count). The lowest BCUT2D eigenvalue weighted by Crippen LogP contribution is -2.25. The van der Waals surface area contributed by atoms with E-state index >= 15 is 0 Å². The van der Waals surface area contributed by atoms with Gasteiger partial charge in [-0.15, -0.1) is 11.3 Å². The van der Waals surface area contributed by atoms with Crippen LogP contribution in [0.4, 0.5) is 17.1 Å². The molecule has 1 spiro atoms. The SMILES string of the molecule is CC(C)(C)c1ccc2sc3cc(N(c4ccc5c(c4)-c4cc6ccccc6cc4C54c5ccccc5-c5ccccc54)c4ccc5ccccc5c4-c4cccc5ccccc45)ccc3c2c1. The van der Waals surface area contributed by atoms with Gasteiger partial charge in [0.15, 0.2) is 0 Å². The van der Waals surface area contributed by atoms with E-state index in [0.717, 1.165) is 17.1 Å². The van der Waals surface area contributed by atoms with Crippen LogP contribution in [-0.2, 0) is 10.8 Å². The number of rotatable bonds is 4. The Morgan fingerprint density at radius 2 is 0.940 bits per heavy atom. The molecular weight excluding hydrogens is 827 g/mol. The molecule has 2 aliphatic rings. The van der Waals surface area contributed by atoms with Gasteiger partial charge in [-0.2, -0.15) is 0 Å². The van der Waals surface area contributed by atoms with Gasteiger partial charge in [0.1, 0.15) is 0 Å². The molecule has 0 atom stereocenters. The molecule has 0 amide bonds. The monoisotopic (exact) mass is 871 g/mol. The lowest BCUT2D eigenvalue weighted by atomic mass is 9.70. The van der Waals surface area contributed by atoms with Crippen molar-refractivity contribution in [3.63, 3.8) is 0 Å². The Kier molecular flexibility index (Phi) is 8.11. The molecular formula is C65H45NS. The highest BCUT2D eigenvalue weighted by Crippen LogP contribution is 2.64. The van der Waals surface area contributed by atoms with E-state index < -0.39 is 5.41 Å². The van der Waals surface area contributed by atoms with Crippen LogP contribution in [-0.4, -0.2) is 0 Å². The molecule has 12 aromatic rings. The van der Waals surface area contributed by atoms with E-state index in [4.69, 9.17) is 0 Å². The van der Waals surface area contributed by atoms with E-state index in [1.807, 2.05) is 11.3 Å². The second-order valence-corrected chi connectivity index (χ2v) is 20.7. The summed E-state index contributed by atoms with van der Waals surface area (Å²) in [5.41, 5.74) is 17.4. The van der Waals surface area contributed by atoms with E-state index in [-0.39, 0.29) is 5.41 Å². The van der Waals surface area contributed by atoms with Crippen molar-refractivity contribution < 1.29 is 0 Å². The van der Waals surface area contributed by atoms with Gasteiger partial charge >= 0.3 is 0 Å². The van der Waals surface area contributed by atoms with Crippen molar-refractivity contribution in [2.24, 2.45) is 0 Å². The van der Waals surface area contributed by atoms with Crippen LogP contribution in [0.25, 0.3) is 85.9 Å². The minimum atomic E-state index is -0.454. The third-order valence-corrected chi connectivity index (χ3v) is 16.1. The van der Waals surface area contributed by atoms with Crippen molar-refractivity contribution >= 4 is 80.9 Å². The number of hydrogen-bond acceptors (Lipinski definition) is 2. The first-order chi connectivity index (χ1) is 32.8. The Labute approximate surface area is 394 Å². The quantitative estimate of drug-likeness (QED) is 0.170. The summed E-state index contributed by atoms with van der Waals surface area (Å²) in [6, 6.07) is 82.9. The molecule has 1 nitrogen and oxygen atoms in total. The molecule has 0 saturated carbocycles. The molecule has 0 fully saturated rings. The van der Waals surface area contributed by atoms with Crippen molar-refractivity contribution in [3.05, 3.63) is 246 Å². The lowest BCUT2D eigenvalue weighted by molar-refractivity contribution is 0.591. The lowest BCUT2D eigenvalue weighted by Gasteiger charge is -2.32. The van der Waals surface area contributed by atoms with Crippen LogP contribution < -0.4 is 4.90 Å². The van der Waals surface area contributed by atoms with Crippen LogP contribution in [0.15, 0.2) is 218 Å². The minimum Gasteiger partial charge on any atom is -0.310 e. The van der Waals surface area contributed by atoms with Crippen LogP contribution in [0.2, 0.25) is 0 Å². The Morgan fingerprint density at radius 1 is 0.358 bits per heavy atom. The zero-order valence-electron chi connectivity index (χ0n) is 37.6. The molecule has 0 radical (unpaired) electrons. The zero-order chi connectivity index (χ0) is 44.6. The number of benzene rings is 11. The third-order valence-electron chi connectivity index (χ3n) is 15.0. The summed E-state index contributed by atoms with van der Waals surface area (Å²) in [5.74, 6) is 0. The van der Waals surface area contributed by atoms with Crippen molar-refractivity contribution in [1.82, 2.24) is 0 Å². The topological polar surface area (TPSA) is 3.24 Å². The molecule has 67 heavy (non-hydrogen) atoms. The van der Waals surface area contributed by atoms with Gasteiger partial charge in [0.25, 0.3) is 0 Å². The molecule has 0 saturated heterocycles. The van der Waals surface area contributed by atoms with E-state index in [9.17, 15) is 0 Å². The van der Waals surface area contributed by atoms with Crippen LogP contribution in [0.3, 0.4) is 0 Å². The summed E-state index contributed by atoms with van der Waals surface area (Å²) >= 11 is 1.89. The summed E-state index contributed by atoms with van der Waals surface area (Å²) < 4.78 is 2.60. The standard InChI is InChI=1S/C65H45NS/c1-64(2,3)44-28-34-61-55(37-44)51-31-29-46(39-62(51)67-61)66(60-33-27-41-16-7-9-21-48(41)63(60)52-24-14-19-40-15-6-8-20-47(40)52)45-30-32-58-54(38-45)53-35-42-17-4-5-18-43(42)36-59(53)65(58)56-25-12-10-22-49(56)50-23-11-13-26-57(50)65/h4-39H,1-3H3. The average Bonchev–Trinajstić information content (AvgIpc) is 3.98. The fraction of sp³-hybridized carbons (Fsp3) is 0.0769. The van der Waals surface area contributed by atoms with Crippen LogP contribution in [0, 0.1) is 0 Å². The zero-order valence-corrected chi connectivity index (χ0v) is 38.5. The number of thiophene rings is 1. The Morgan fingerprint density at radius 3 is 1.70 bits per heavy atom. The van der Waals surface area contributed by atoms with Crippen molar-refractivity contribution in [2.45, 2.75) is 31.6 Å². The van der Waals surface area contributed by atoms with Crippen LogP contribution in [0.5, 0.6) is 0 Å². The van der Waals surface area contributed by atoms with Gasteiger partial charge in [0.2, 0.25) is 0 Å². The van der Waals surface area contributed by atoms with Crippen LogP contribution in [0.1, 0.15) is 48.6 Å². The second kappa shape index (κ2) is 14.1. The van der Waals surface area contributed by atoms with Gasteiger partial charge in [-0.1, -0.05) is 185 Å². The maximum atomic E-state index is 2.55. The average molecular weight is 872 g/mol. The van der Waals surface area contributed by atoms with Gasteiger partial charge in [-0.3, -0.25) is 0 Å². The first kappa shape index (κ1) is 38.5. The molecule has 11 aromatic carbocycles. The smallest absolute Gasteiger partial charge is 0.0725 e. The third kappa shape index (κ3) is 5.48. The predicted molar refractivity (Wildman–Crippen MR) is 287 cm³/mol. The fourth-order valence-electron chi connectivity index (χ4n) is 11.9. The molecule has 2 aliphatic carbocycles. The summed E-state index contributed by atoms with van der Waals surface area (Å²) in [5, 5.41) is 10.1. The largest absolute Gasteiger partial charge is 0.310 e. The molecule has 2 heteroatoms. The van der Waals surface area contributed by atoms with Crippen molar-refractivity contribution in [2.75, 3.05) is 4.90 Å². The van der Waals surface area contributed by atoms with E-state index in [0.29, 0.717) is 0 Å². The van der Waals surface area contributed by atoms with Gasteiger partial charge in [-0.05, 0) is 148 Å². The first-order valence-corrected chi connectivity index (χ1v) is 24.3. The number of nitrogens with zero attached hydrogens (tertiary/aromatic N) is 1. The highest BCUT2D eigenvalue weighted by molar-refractivity contribution is 7.25. The molecule has 316 valence electrons. The summed E-state index contributed by atoms with van der Waals surface area (Å²) in [6.45, 7) is 6.91. The Balaban J connectivity index is 1.08. The van der Waals surface area contributed by atoms with Gasteiger partial charge in [-0.25, -0.2) is 0 Å². The number of hydrogen-bond donors (Lipinski definition) is 0. The van der Waals surface area contributed by atoms with Gasteiger partial charge < -0.3 is 4.90 Å². The summed E-state index contributed by atoms with van der Waals surface area (Å²) in [6.07, 6.45) is 0. The van der Waals surface area contributed by atoms with Gasteiger partial charge in [0.05, 0.1) is 11.1 Å². The van der Waals surface area contributed by atoms with E-state index in [1.54, 1.807) is 0 Å². The molecule has 1 heterocycles. The summed E-state index contributed by atoms with van der Waals surface area (Å²) in [7, 11) is 0. The fourth-order valence-corrected chi connectivity index (χ4v) is 13.0. The maximum Gasteiger partial charge on any atom is 0.0725 e. The normalized spacial score (nSPS) is 13.4. The number of anilines is 3. The maximum absolute atomic E-state index is 2.55. The van der Waals surface area contributed by atoms with Crippen molar-refractivity contribution in [1.29, 1.82) is 0 Å². The molecule has 0 unspecified atom stereocenters.